The lowest BCUT2D eigenvalue weighted by molar-refractivity contribution is -0.00599. The molecule has 4 heteroatoms. The van der Waals surface area contributed by atoms with Crippen LogP contribution in [0.25, 0.3) is 0 Å². The molecule has 1 saturated heterocycles. The van der Waals surface area contributed by atoms with Gasteiger partial charge in [-0.2, -0.15) is 11.8 Å². The van der Waals surface area contributed by atoms with Crippen LogP contribution in [0.1, 0.15) is 6.92 Å². The van der Waals surface area contributed by atoms with E-state index in [1.807, 2.05) is 11.8 Å². The molecule has 2 unspecified atom stereocenters. The van der Waals surface area contributed by atoms with Crippen molar-refractivity contribution in [3.05, 3.63) is 0 Å². The molecule has 0 bridgehead atoms. The molecule has 1 rings (SSSR count). The molecule has 1 aliphatic rings. The Morgan fingerprint density at radius 3 is 3.07 bits per heavy atom. The predicted molar refractivity (Wildman–Crippen MR) is 62.8 cm³/mol. The van der Waals surface area contributed by atoms with Gasteiger partial charge >= 0.3 is 0 Å². The molecule has 0 spiro atoms. The highest BCUT2D eigenvalue weighted by atomic mass is 32.2. The van der Waals surface area contributed by atoms with E-state index in [2.05, 4.69) is 18.9 Å². The van der Waals surface area contributed by atoms with Crippen molar-refractivity contribution in [1.82, 2.24) is 4.90 Å². The molecule has 2 atom stereocenters. The maximum absolute atomic E-state index is 5.67. The molecule has 1 fully saturated rings. The Bertz CT molecular complexity index is 157. The van der Waals surface area contributed by atoms with E-state index in [4.69, 9.17) is 10.5 Å². The summed E-state index contributed by atoms with van der Waals surface area (Å²) in [4.78, 5) is 2.33. The Morgan fingerprint density at radius 1 is 1.64 bits per heavy atom. The first kappa shape index (κ1) is 12.3. The van der Waals surface area contributed by atoms with E-state index >= 15 is 0 Å². The van der Waals surface area contributed by atoms with Crippen molar-refractivity contribution in [2.75, 3.05) is 44.8 Å². The van der Waals surface area contributed by atoms with Gasteiger partial charge in [0.15, 0.2) is 0 Å². The molecular formula is C10H22N2OS. The summed E-state index contributed by atoms with van der Waals surface area (Å²) in [5.74, 6) is 2.88. The van der Waals surface area contributed by atoms with Crippen molar-refractivity contribution in [3.63, 3.8) is 0 Å². The largest absolute Gasteiger partial charge is 0.375 e. The highest BCUT2D eigenvalue weighted by Crippen LogP contribution is 2.13. The number of hydrogen-bond donors (Lipinski definition) is 1. The van der Waals surface area contributed by atoms with Gasteiger partial charge in [-0.25, -0.2) is 0 Å². The van der Waals surface area contributed by atoms with Crippen LogP contribution in [0.15, 0.2) is 0 Å². The summed E-state index contributed by atoms with van der Waals surface area (Å²) in [5, 5.41) is 0. The van der Waals surface area contributed by atoms with Crippen LogP contribution in [0.3, 0.4) is 0 Å². The standard InChI is InChI=1S/C10H22N2OS/c1-9(5-11)7-14-8-10-6-12(2)3-4-13-10/h9-10H,3-8,11H2,1-2H3. The number of ether oxygens (including phenoxy) is 1. The Morgan fingerprint density at radius 2 is 2.43 bits per heavy atom. The number of nitrogens with two attached hydrogens (primary N) is 1. The maximum atomic E-state index is 5.67. The highest BCUT2D eigenvalue weighted by molar-refractivity contribution is 7.99. The molecule has 1 aliphatic heterocycles. The molecule has 2 N–H and O–H groups in total. The molecule has 0 aromatic heterocycles. The normalized spacial score (nSPS) is 26.4. The summed E-state index contributed by atoms with van der Waals surface area (Å²) < 4.78 is 5.67. The molecule has 0 saturated carbocycles. The summed E-state index contributed by atoms with van der Waals surface area (Å²) in [5.41, 5.74) is 5.56. The van der Waals surface area contributed by atoms with E-state index in [1.54, 1.807) is 0 Å². The smallest absolute Gasteiger partial charge is 0.0792 e. The van der Waals surface area contributed by atoms with Crippen molar-refractivity contribution in [1.29, 1.82) is 0 Å². The zero-order valence-electron chi connectivity index (χ0n) is 9.24. The van der Waals surface area contributed by atoms with Gasteiger partial charge in [-0.3, -0.25) is 0 Å². The number of morpholine rings is 1. The number of hydrogen-bond acceptors (Lipinski definition) is 4. The van der Waals surface area contributed by atoms with Gasteiger partial charge < -0.3 is 15.4 Å². The van der Waals surface area contributed by atoms with Crippen molar-refractivity contribution in [2.24, 2.45) is 11.7 Å². The molecule has 0 aliphatic carbocycles. The third kappa shape index (κ3) is 4.64. The predicted octanol–water partition coefficient (Wildman–Crippen LogP) is 0.645. The van der Waals surface area contributed by atoms with Crippen LogP contribution in [-0.4, -0.2) is 55.8 Å². The fraction of sp³-hybridized carbons (Fsp3) is 1.00. The van der Waals surface area contributed by atoms with Crippen molar-refractivity contribution < 1.29 is 4.74 Å². The van der Waals surface area contributed by atoms with E-state index in [0.29, 0.717) is 12.0 Å². The summed E-state index contributed by atoms with van der Waals surface area (Å²) in [6, 6.07) is 0. The van der Waals surface area contributed by atoms with Crippen molar-refractivity contribution in [3.8, 4) is 0 Å². The van der Waals surface area contributed by atoms with E-state index in [0.717, 1.165) is 37.7 Å². The quantitative estimate of drug-likeness (QED) is 0.735. The first-order valence-corrected chi connectivity index (χ1v) is 6.45. The van der Waals surface area contributed by atoms with E-state index in [9.17, 15) is 0 Å². The van der Waals surface area contributed by atoms with Crippen LogP contribution >= 0.6 is 11.8 Å². The van der Waals surface area contributed by atoms with Gasteiger partial charge in [-0.05, 0) is 25.3 Å². The maximum Gasteiger partial charge on any atom is 0.0792 e. The average Bonchev–Trinajstić information content (AvgIpc) is 2.17. The minimum Gasteiger partial charge on any atom is -0.375 e. The van der Waals surface area contributed by atoms with Gasteiger partial charge in [0.1, 0.15) is 0 Å². The van der Waals surface area contributed by atoms with E-state index < -0.39 is 0 Å². The monoisotopic (exact) mass is 218 g/mol. The van der Waals surface area contributed by atoms with Gasteiger partial charge in [0, 0.05) is 18.8 Å². The number of likely N-dealkylation sites (N-methyl/N-ethyl adjacent to an activating group) is 1. The minimum absolute atomic E-state index is 0.420. The van der Waals surface area contributed by atoms with Gasteiger partial charge in [0.2, 0.25) is 0 Å². The third-order valence-electron chi connectivity index (χ3n) is 2.45. The van der Waals surface area contributed by atoms with Crippen LogP contribution in [0, 0.1) is 5.92 Å². The van der Waals surface area contributed by atoms with Gasteiger partial charge in [0.05, 0.1) is 12.7 Å². The molecule has 1 heterocycles. The van der Waals surface area contributed by atoms with Crippen LogP contribution in [0.4, 0.5) is 0 Å². The Labute approximate surface area is 91.4 Å². The molecule has 0 radical (unpaired) electrons. The molecule has 14 heavy (non-hydrogen) atoms. The topological polar surface area (TPSA) is 38.5 Å². The molecule has 84 valence electrons. The fourth-order valence-corrected chi connectivity index (χ4v) is 2.58. The van der Waals surface area contributed by atoms with Crippen LogP contribution < -0.4 is 5.73 Å². The zero-order chi connectivity index (χ0) is 10.4. The lowest BCUT2D eigenvalue weighted by Gasteiger charge is -2.29. The average molecular weight is 218 g/mol. The lowest BCUT2D eigenvalue weighted by atomic mass is 10.2. The second-order valence-corrected chi connectivity index (χ2v) is 5.21. The second-order valence-electron chi connectivity index (χ2n) is 4.13. The van der Waals surface area contributed by atoms with Gasteiger partial charge in [-0.15, -0.1) is 0 Å². The number of thioether (sulfide) groups is 1. The molecule has 0 amide bonds. The summed E-state index contributed by atoms with van der Waals surface area (Å²) >= 11 is 1.96. The molecular weight excluding hydrogens is 196 g/mol. The first-order chi connectivity index (χ1) is 6.72. The SMILES string of the molecule is CC(CN)CSCC1CN(C)CCO1. The lowest BCUT2D eigenvalue weighted by Crippen LogP contribution is -2.41. The molecule has 0 aromatic rings. The highest BCUT2D eigenvalue weighted by Gasteiger charge is 2.17. The number of rotatable bonds is 5. The summed E-state index contributed by atoms with van der Waals surface area (Å²) in [7, 11) is 2.16. The van der Waals surface area contributed by atoms with E-state index in [1.165, 1.54) is 0 Å². The van der Waals surface area contributed by atoms with E-state index in [-0.39, 0.29) is 0 Å². The summed E-state index contributed by atoms with van der Waals surface area (Å²) in [6.07, 6.45) is 0.420. The Balaban J connectivity index is 2.05. The van der Waals surface area contributed by atoms with Crippen molar-refractivity contribution >= 4 is 11.8 Å². The fourth-order valence-electron chi connectivity index (χ4n) is 1.44. The van der Waals surface area contributed by atoms with Crippen LogP contribution in [0.5, 0.6) is 0 Å². The molecule has 3 nitrogen and oxygen atoms in total. The first-order valence-electron chi connectivity index (χ1n) is 5.30. The summed E-state index contributed by atoms with van der Waals surface area (Å²) in [6.45, 7) is 6.01. The van der Waals surface area contributed by atoms with Crippen LogP contribution in [0.2, 0.25) is 0 Å². The van der Waals surface area contributed by atoms with Crippen molar-refractivity contribution in [2.45, 2.75) is 13.0 Å². The Kier molecular flexibility index (Phi) is 5.86. The van der Waals surface area contributed by atoms with Crippen LogP contribution in [-0.2, 0) is 4.74 Å². The third-order valence-corrected chi connectivity index (χ3v) is 3.86. The second kappa shape index (κ2) is 6.67. The molecule has 0 aromatic carbocycles. The minimum atomic E-state index is 0.420. The number of nitrogens with zero attached hydrogens (tertiary/aromatic N) is 1. The van der Waals surface area contributed by atoms with Gasteiger partial charge in [0.25, 0.3) is 0 Å². The zero-order valence-corrected chi connectivity index (χ0v) is 10.1. The van der Waals surface area contributed by atoms with Gasteiger partial charge in [-0.1, -0.05) is 6.92 Å². The Hall–Kier alpha value is 0.230.